The van der Waals surface area contributed by atoms with Crippen LogP contribution in [0.25, 0.3) is 0 Å². The Hall–Kier alpha value is -2.61. The number of benzene rings is 2. The van der Waals surface area contributed by atoms with E-state index in [9.17, 15) is 23.2 Å². The van der Waals surface area contributed by atoms with E-state index in [4.69, 9.17) is 0 Å². The molecule has 2 aromatic carbocycles. The predicted octanol–water partition coefficient (Wildman–Crippen LogP) is 3.74. The van der Waals surface area contributed by atoms with Crippen molar-refractivity contribution >= 4 is 39.3 Å². The van der Waals surface area contributed by atoms with E-state index in [0.29, 0.717) is 15.6 Å². The SMILES string of the molecule is O=C(CCCN1C(=O)c2ccc(Br)cc2C1=O)Nc1cccc(F)c1F. The van der Waals surface area contributed by atoms with E-state index >= 15 is 0 Å². The Balaban J connectivity index is 1.57. The maximum Gasteiger partial charge on any atom is 0.261 e. The Bertz CT molecular complexity index is 917. The van der Waals surface area contributed by atoms with Crippen LogP contribution in [-0.2, 0) is 4.79 Å². The van der Waals surface area contributed by atoms with Gasteiger partial charge in [-0.25, -0.2) is 8.78 Å². The number of halogens is 3. The summed E-state index contributed by atoms with van der Waals surface area (Å²) in [5.74, 6) is -3.54. The molecule has 0 saturated heterocycles. The van der Waals surface area contributed by atoms with Gasteiger partial charge in [0.05, 0.1) is 16.8 Å². The fourth-order valence-corrected chi connectivity index (χ4v) is 3.04. The molecule has 2 aromatic rings. The van der Waals surface area contributed by atoms with Crippen molar-refractivity contribution < 1.29 is 23.2 Å². The lowest BCUT2D eigenvalue weighted by Gasteiger charge is -2.13. The van der Waals surface area contributed by atoms with Crippen molar-refractivity contribution in [3.8, 4) is 0 Å². The maximum atomic E-state index is 13.5. The summed E-state index contributed by atoms with van der Waals surface area (Å²) >= 11 is 3.25. The van der Waals surface area contributed by atoms with Gasteiger partial charge in [-0.3, -0.25) is 19.3 Å². The fraction of sp³-hybridized carbons (Fsp3) is 0.167. The zero-order valence-corrected chi connectivity index (χ0v) is 15.0. The number of amides is 3. The van der Waals surface area contributed by atoms with Crippen molar-refractivity contribution in [2.24, 2.45) is 0 Å². The Morgan fingerprint density at radius 2 is 1.81 bits per heavy atom. The minimum absolute atomic E-state index is 0.0486. The van der Waals surface area contributed by atoms with Gasteiger partial charge in [0.2, 0.25) is 5.91 Å². The third-order valence-corrected chi connectivity index (χ3v) is 4.44. The standard InChI is InChI=1S/C18H13BrF2N2O3/c19-10-6-7-11-12(9-10)18(26)23(17(11)25)8-2-5-15(24)22-14-4-1-3-13(20)16(14)21/h1,3-4,6-7,9H,2,5,8H2,(H,22,24). The Morgan fingerprint density at radius 3 is 2.58 bits per heavy atom. The molecule has 0 saturated carbocycles. The Labute approximate surface area is 156 Å². The first-order chi connectivity index (χ1) is 12.4. The normalized spacial score (nSPS) is 13.1. The van der Waals surface area contributed by atoms with E-state index in [0.717, 1.165) is 11.0 Å². The molecule has 26 heavy (non-hydrogen) atoms. The van der Waals surface area contributed by atoms with Gasteiger partial charge in [-0.15, -0.1) is 0 Å². The number of carbonyl (C=O) groups is 3. The summed E-state index contributed by atoms with van der Waals surface area (Å²) in [6.07, 6.45) is 0.155. The highest BCUT2D eigenvalue weighted by atomic mass is 79.9. The molecule has 0 atom stereocenters. The molecule has 0 spiro atoms. The number of carbonyl (C=O) groups excluding carboxylic acids is 3. The molecule has 1 heterocycles. The molecule has 1 N–H and O–H groups in total. The van der Waals surface area contributed by atoms with Crippen LogP contribution in [-0.4, -0.2) is 29.2 Å². The van der Waals surface area contributed by atoms with Gasteiger partial charge in [-0.05, 0) is 36.8 Å². The van der Waals surface area contributed by atoms with E-state index in [1.165, 1.54) is 12.1 Å². The Kier molecular flexibility index (Phi) is 5.13. The average molecular weight is 423 g/mol. The van der Waals surface area contributed by atoms with Crippen LogP contribution in [0.5, 0.6) is 0 Å². The zero-order chi connectivity index (χ0) is 18.8. The molecule has 0 aromatic heterocycles. The molecule has 1 aliphatic heterocycles. The second-order valence-corrected chi connectivity index (χ2v) is 6.62. The molecule has 3 rings (SSSR count). The summed E-state index contributed by atoms with van der Waals surface area (Å²) in [4.78, 5) is 37.5. The molecule has 0 bridgehead atoms. The van der Waals surface area contributed by atoms with Gasteiger partial charge in [0.25, 0.3) is 11.8 Å². The predicted molar refractivity (Wildman–Crippen MR) is 93.7 cm³/mol. The highest BCUT2D eigenvalue weighted by Crippen LogP contribution is 2.26. The van der Waals surface area contributed by atoms with Gasteiger partial charge in [-0.1, -0.05) is 22.0 Å². The van der Waals surface area contributed by atoms with Gasteiger partial charge in [-0.2, -0.15) is 0 Å². The molecule has 0 aliphatic carbocycles. The van der Waals surface area contributed by atoms with Crippen LogP contribution in [0.1, 0.15) is 33.6 Å². The van der Waals surface area contributed by atoms with E-state index in [-0.39, 0.29) is 25.1 Å². The average Bonchev–Trinajstić information content (AvgIpc) is 2.83. The van der Waals surface area contributed by atoms with Crippen molar-refractivity contribution in [2.45, 2.75) is 12.8 Å². The summed E-state index contributed by atoms with van der Waals surface area (Å²) < 4.78 is 27.3. The van der Waals surface area contributed by atoms with Crippen LogP contribution >= 0.6 is 15.9 Å². The lowest BCUT2D eigenvalue weighted by atomic mass is 10.1. The van der Waals surface area contributed by atoms with Gasteiger partial charge in [0.1, 0.15) is 0 Å². The summed E-state index contributed by atoms with van der Waals surface area (Å²) in [6.45, 7) is 0.0586. The van der Waals surface area contributed by atoms with Crippen molar-refractivity contribution in [3.63, 3.8) is 0 Å². The van der Waals surface area contributed by atoms with Crippen LogP contribution in [0.15, 0.2) is 40.9 Å². The lowest BCUT2D eigenvalue weighted by Crippen LogP contribution is -2.31. The minimum atomic E-state index is -1.13. The smallest absolute Gasteiger partial charge is 0.261 e. The number of fused-ring (bicyclic) bond motifs is 1. The molecular weight excluding hydrogens is 410 g/mol. The van der Waals surface area contributed by atoms with Gasteiger partial charge >= 0.3 is 0 Å². The zero-order valence-electron chi connectivity index (χ0n) is 13.4. The summed E-state index contributed by atoms with van der Waals surface area (Å²) in [6, 6.07) is 8.30. The first-order valence-corrected chi connectivity index (χ1v) is 8.57. The minimum Gasteiger partial charge on any atom is -0.324 e. The molecule has 0 radical (unpaired) electrons. The van der Waals surface area contributed by atoms with E-state index in [1.807, 2.05) is 0 Å². The maximum absolute atomic E-state index is 13.5. The number of nitrogens with zero attached hydrogens (tertiary/aromatic N) is 1. The molecule has 0 fully saturated rings. The molecule has 134 valence electrons. The lowest BCUT2D eigenvalue weighted by molar-refractivity contribution is -0.116. The Morgan fingerprint density at radius 1 is 1.08 bits per heavy atom. The molecule has 0 unspecified atom stereocenters. The quantitative estimate of drug-likeness (QED) is 0.746. The van der Waals surface area contributed by atoms with Crippen molar-refractivity contribution in [1.29, 1.82) is 0 Å². The monoisotopic (exact) mass is 422 g/mol. The van der Waals surface area contributed by atoms with Crippen LogP contribution in [0.4, 0.5) is 14.5 Å². The topological polar surface area (TPSA) is 66.5 Å². The van der Waals surface area contributed by atoms with Gasteiger partial charge in [0, 0.05) is 17.4 Å². The summed E-state index contributed by atoms with van der Waals surface area (Å²) in [5, 5.41) is 2.27. The number of anilines is 1. The first kappa shape index (κ1) is 18.2. The number of rotatable bonds is 5. The number of imide groups is 1. The van der Waals surface area contributed by atoms with Gasteiger partial charge in [0.15, 0.2) is 11.6 Å². The second kappa shape index (κ2) is 7.33. The molecule has 5 nitrogen and oxygen atoms in total. The second-order valence-electron chi connectivity index (χ2n) is 5.70. The number of nitrogens with one attached hydrogen (secondary N) is 1. The fourth-order valence-electron chi connectivity index (χ4n) is 2.68. The third kappa shape index (κ3) is 3.50. The molecular formula is C18H13BrF2N2O3. The van der Waals surface area contributed by atoms with E-state index in [2.05, 4.69) is 21.2 Å². The molecule has 8 heteroatoms. The van der Waals surface area contributed by atoms with Crippen LogP contribution in [0.2, 0.25) is 0 Å². The van der Waals surface area contributed by atoms with Crippen molar-refractivity contribution in [1.82, 2.24) is 4.90 Å². The molecule has 1 aliphatic rings. The first-order valence-electron chi connectivity index (χ1n) is 7.78. The van der Waals surface area contributed by atoms with Crippen molar-refractivity contribution in [2.75, 3.05) is 11.9 Å². The highest BCUT2D eigenvalue weighted by molar-refractivity contribution is 9.10. The number of hydrogen-bond donors (Lipinski definition) is 1. The molecule has 3 amide bonds. The van der Waals surface area contributed by atoms with E-state index < -0.39 is 29.4 Å². The van der Waals surface area contributed by atoms with Crippen LogP contribution in [0, 0.1) is 11.6 Å². The van der Waals surface area contributed by atoms with Gasteiger partial charge < -0.3 is 5.32 Å². The summed E-state index contributed by atoms with van der Waals surface area (Å²) in [5.41, 5.74) is 0.390. The third-order valence-electron chi connectivity index (χ3n) is 3.94. The van der Waals surface area contributed by atoms with E-state index in [1.54, 1.807) is 18.2 Å². The van der Waals surface area contributed by atoms with Crippen LogP contribution in [0.3, 0.4) is 0 Å². The highest BCUT2D eigenvalue weighted by Gasteiger charge is 2.35. The number of hydrogen-bond acceptors (Lipinski definition) is 3. The van der Waals surface area contributed by atoms with Crippen molar-refractivity contribution in [3.05, 3.63) is 63.6 Å². The summed E-state index contributed by atoms with van der Waals surface area (Å²) in [7, 11) is 0. The largest absolute Gasteiger partial charge is 0.324 e. The van der Waals surface area contributed by atoms with Crippen LogP contribution < -0.4 is 5.32 Å².